The van der Waals surface area contributed by atoms with Gasteiger partial charge in [0.1, 0.15) is 6.10 Å². The zero-order chi connectivity index (χ0) is 33.5. The Balaban J connectivity index is 0.00000468. The second-order valence-electron chi connectivity index (χ2n) is 12.8. The molecule has 0 spiro atoms. The van der Waals surface area contributed by atoms with Crippen LogP contribution >= 0.6 is 15.8 Å². The van der Waals surface area contributed by atoms with E-state index < -0.39 is 52.2 Å². The SMILES string of the molecule is CC(OC(O)C1CCCC1P(c1ccccc1)c1ccccc1)C(OC(=O)C1CCCC1P(c1ccccc1)c1ccccc1)C(=O)O.[Er]. The van der Waals surface area contributed by atoms with E-state index in [4.69, 9.17) is 9.47 Å². The monoisotopic (exact) mass is 848 g/mol. The number of carbonyl (C=O) groups excluding carboxylic acids is 1. The van der Waals surface area contributed by atoms with E-state index in [0.717, 1.165) is 32.1 Å². The van der Waals surface area contributed by atoms with Crippen molar-refractivity contribution in [2.75, 3.05) is 0 Å². The number of esters is 1. The fraction of sp³-hybridized carbons (Fsp3) is 0.350. The van der Waals surface area contributed by atoms with Crippen molar-refractivity contribution in [3.8, 4) is 0 Å². The van der Waals surface area contributed by atoms with Gasteiger partial charge in [0.15, 0.2) is 6.29 Å². The summed E-state index contributed by atoms with van der Waals surface area (Å²) in [6, 6.07) is 41.4. The largest absolute Gasteiger partial charge is 0.478 e. The van der Waals surface area contributed by atoms with Gasteiger partial charge in [-0.05, 0) is 75.3 Å². The van der Waals surface area contributed by atoms with Crippen molar-refractivity contribution in [2.24, 2.45) is 11.8 Å². The number of carbonyl (C=O) groups is 2. The summed E-state index contributed by atoms with van der Waals surface area (Å²) >= 11 is 0. The molecule has 0 aromatic heterocycles. The maximum atomic E-state index is 13.8. The molecule has 0 amide bonds. The van der Waals surface area contributed by atoms with E-state index in [2.05, 4.69) is 72.8 Å². The van der Waals surface area contributed by atoms with Crippen LogP contribution in [0.3, 0.4) is 0 Å². The Kier molecular flexibility index (Phi) is 14.3. The second-order valence-corrected chi connectivity index (χ2v) is 17.6. The molecule has 4 aromatic carbocycles. The van der Waals surface area contributed by atoms with E-state index in [1.165, 1.54) is 21.2 Å². The first kappa shape index (κ1) is 38.1. The van der Waals surface area contributed by atoms with Crippen LogP contribution in [0.2, 0.25) is 0 Å². The number of ether oxygens (including phenoxy) is 2. The minimum Gasteiger partial charge on any atom is -0.478 e. The zero-order valence-corrected chi connectivity index (χ0v) is 31.2. The molecule has 0 aliphatic heterocycles. The molecule has 9 heteroatoms. The van der Waals surface area contributed by atoms with E-state index in [0.29, 0.717) is 6.42 Å². The molecule has 0 bridgehead atoms. The van der Waals surface area contributed by atoms with Crippen molar-refractivity contribution in [2.45, 2.75) is 75.3 Å². The van der Waals surface area contributed by atoms with Crippen molar-refractivity contribution in [1.82, 2.24) is 0 Å². The van der Waals surface area contributed by atoms with Gasteiger partial charge in [-0.1, -0.05) is 134 Å². The number of aliphatic hydroxyl groups is 1. The third-order valence-electron chi connectivity index (χ3n) is 9.75. The average molecular weight is 850 g/mol. The standard InChI is InChI=1S/C40H44O6P2.Er/c1-28(45-39(43)33-24-14-26-35(33)47(29-16-6-2-7-17-29)30-18-8-3-9-19-30)37(38(41)42)46-40(44)34-25-15-27-36(34)48(31-20-10-4-11-21-31)32-22-12-5-13-23-32;/h2-13,16-23,28,33-37,39,43H,14-15,24-27H2,1H3,(H,41,42);. The van der Waals surface area contributed by atoms with E-state index in [-0.39, 0.29) is 54.5 Å². The molecule has 4 aromatic rings. The number of carboxylic acids is 1. The second kappa shape index (κ2) is 18.4. The third-order valence-corrected chi connectivity index (χ3v) is 15.8. The minimum atomic E-state index is -1.53. The van der Waals surface area contributed by atoms with Crippen molar-refractivity contribution < 1.29 is 66.6 Å². The van der Waals surface area contributed by atoms with Crippen LogP contribution in [0.15, 0.2) is 121 Å². The van der Waals surface area contributed by atoms with Gasteiger partial charge in [-0.2, -0.15) is 0 Å². The van der Waals surface area contributed by atoms with Crippen LogP contribution in [0, 0.1) is 49.1 Å². The van der Waals surface area contributed by atoms with Crippen LogP contribution in [0.4, 0.5) is 0 Å². The van der Waals surface area contributed by atoms with E-state index >= 15 is 0 Å². The van der Waals surface area contributed by atoms with Crippen LogP contribution in [0.25, 0.3) is 0 Å². The predicted octanol–water partition coefficient (Wildman–Crippen LogP) is 6.31. The number of rotatable bonds is 13. The molecule has 6 rings (SSSR count). The zero-order valence-electron chi connectivity index (χ0n) is 27.5. The molecule has 0 radical (unpaired) electrons. The molecule has 2 aliphatic rings. The molecule has 6 nitrogen and oxygen atoms in total. The quantitative estimate of drug-likeness (QED) is 0.0932. The molecule has 262 valence electrons. The van der Waals surface area contributed by atoms with Crippen LogP contribution in [0.5, 0.6) is 0 Å². The third kappa shape index (κ3) is 9.21. The first-order chi connectivity index (χ1) is 23.4. The van der Waals surface area contributed by atoms with E-state index in [1.54, 1.807) is 6.92 Å². The van der Waals surface area contributed by atoms with Crippen LogP contribution in [-0.4, -0.2) is 52.0 Å². The number of aliphatic hydroxyl groups excluding tert-OH is 1. The van der Waals surface area contributed by atoms with Gasteiger partial charge in [-0.15, -0.1) is 0 Å². The average Bonchev–Trinajstić information content (AvgIpc) is 3.80. The summed E-state index contributed by atoms with van der Waals surface area (Å²) in [5, 5.41) is 26.6. The Morgan fingerprint density at radius 2 is 1.06 bits per heavy atom. The predicted molar refractivity (Wildman–Crippen MR) is 194 cm³/mol. The summed E-state index contributed by atoms with van der Waals surface area (Å²) in [5.74, 6) is -2.37. The minimum absolute atomic E-state index is 0. The van der Waals surface area contributed by atoms with E-state index in [9.17, 15) is 19.8 Å². The van der Waals surface area contributed by atoms with Crippen LogP contribution in [-0.2, 0) is 19.1 Å². The summed E-state index contributed by atoms with van der Waals surface area (Å²) in [4.78, 5) is 26.4. The van der Waals surface area contributed by atoms with Crippen LogP contribution in [0.1, 0.15) is 45.4 Å². The molecule has 0 heterocycles. The van der Waals surface area contributed by atoms with Crippen molar-refractivity contribution in [3.63, 3.8) is 0 Å². The van der Waals surface area contributed by atoms with Crippen LogP contribution < -0.4 is 21.2 Å². The summed E-state index contributed by atoms with van der Waals surface area (Å²) in [5.41, 5.74) is 0.190. The van der Waals surface area contributed by atoms with Crippen molar-refractivity contribution >= 4 is 49.0 Å². The van der Waals surface area contributed by atoms with Gasteiger partial charge in [0.2, 0.25) is 6.10 Å². The van der Waals surface area contributed by atoms with Crippen molar-refractivity contribution in [1.29, 1.82) is 0 Å². The molecule has 49 heavy (non-hydrogen) atoms. The normalized spacial score (nSPS) is 22.3. The number of carboxylic acid groups (broad SMARTS) is 1. The maximum Gasteiger partial charge on any atom is 0.347 e. The summed E-state index contributed by atoms with van der Waals surface area (Å²) < 4.78 is 11.9. The van der Waals surface area contributed by atoms with Gasteiger partial charge in [0, 0.05) is 48.9 Å². The smallest absolute Gasteiger partial charge is 0.347 e. The number of benzene rings is 4. The molecule has 2 saturated carbocycles. The van der Waals surface area contributed by atoms with Gasteiger partial charge < -0.3 is 19.7 Å². The Hall–Kier alpha value is -2.15. The Labute approximate surface area is 321 Å². The molecule has 2 N–H and O–H groups in total. The molecule has 7 unspecified atom stereocenters. The van der Waals surface area contributed by atoms with Gasteiger partial charge in [0.05, 0.1) is 5.92 Å². The summed E-state index contributed by atoms with van der Waals surface area (Å²) in [6.07, 6.45) is 1.32. The topological polar surface area (TPSA) is 93.1 Å². The fourth-order valence-electron chi connectivity index (χ4n) is 7.52. The molecule has 2 aliphatic carbocycles. The number of aliphatic carboxylic acids is 1. The first-order valence-electron chi connectivity index (χ1n) is 17.0. The van der Waals surface area contributed by atoms with E-state index in [1.807, 2.05) is 48.5 Å². The summed E-state index contributed by atoms with van der Waals surface area (Å²) in [6.45, 7) is 1.59. The fourth-order valence-corrected chi connectivity index (χ4v) is 13.8. The Bertz CT molecular complexity index is 1530. The Morgan fingerprint density at radius 1 is 0.653 bits per heavy atom. The molecular formula is C40H44ErO6P2. The maximum absolute atomic E-state index is 13.8. The number of hydrogen-bond acceptors (Lipinski definition) is 5. The Morgan fingerprint density at radius 3 is 1.51 bits per heavy atom. The number of hydrogen-bond donors (Lipinski definition) is 2. The molecular weight excluding hydrogens is 806 g/mol. The summed E-state index contributed by atoms with van der Waals surface area (Å²) in [7, 11) is -1.65. The van der Waals surface area contributed by atoms with Gasteiger partial charge in [0.25, 0.3) is 0 Å². The van der Waals surface area contributed by atoms with Gasteiger partial charge in [-0.3, -0.25) is 4.79 Å². The molecule has 7 atom stereocenters. The molecule has 0 saturated heterocycles. The van der Waals surface area contributed by atoms with Crippen molar-refractivity contribution in [3.05, 3.63) is 121 Å². The van der Waals surface area contributed by atoms with Gasteiger partial charge >= 0.3 is 11.9 Å². The molecule has 2 fully saturated rings. The van der Waals surface area contributed by atoms with Gasteiger partial charge in [-0.25, -0.2) is 4.79 Å². The first-order valence-corrected chi connectivity index (χ1v) is 19.8.